The molecule has 3 N–H and O–H groups in total. The fraction of sp³-hybridized carbons (Fsp3) is 0.152. The van der Waals surface area contributed by atoms with Crippen LogP contribution in [0, 0.1) is 0 Å². The van der Waals surface area contributed by atoms with Crippen LogP contribution in [0.2, 0.25) is 0 Å². The number of ether oxygens (including phenoxy) is 1. The molecule has 0 aliphatic carbocycles. The number of aliphatic hydroxyl groups excluding tert-OH is 2. The van der Waals surface area contributed by atoms with Gasteiger partial charge in [0.15, 0.2) is 0 Å². The van der Waals surface area contributed by atoms with Crippen LogP contribution in [-0.4, -0.2) is 34.6 Å². The molecule has 4 heteroatoms. The molecule has 1 unspecified atom stereocenters. The Morgan fingerprint density at radius 2 is 1.49 bits per heavy atom. The van der Waals surface area contributed by atoms with Gasteiger partial charge in [-0.2, -0.15) is 0 Å². The number of hydrogen-bond donors (Lipinski definition) is 3. The Labute approximate surface area is 218 Å². The second-order valence-corrected chi connectivity index (χ2v) is 8.86. The highest BCUT2D eigenvalue weighted by atomic mass is 16.5. The van der Waals surface area contributed by atoms with Gasteiger partial charge in [0, 0.05) is 5.39 Å². The fourth-order valence-corrected chi connectivity index (χ4v) is 4.40. The topological polar surface area (TPSA) is 69.9 Å². The summed E-state index contributed by atoms with van der Waals surface area (Å²) in [5.41, 5.74) is 4.32. The molecule has 0 spiro atoms. The van der Waals surface area contributed by atoms with Crippen molar-refractivity contribution >= 4 is 22.4 Å². The van der Waals surface area contributed by atoms with Gasteiger partial charge in [0.1, 0.15) is 18.1 Å². The van der Waals surface area contributed by atoms with E-state index in [1.165, 1.54) is 0 Å². The van der Waals surface area contributed by atoms with E-state index in [-0.39, 0.29) is 19.0 Å². The highest BCUT2D eigenvalue weighted by Crippen LogP contribution is 2.32. The SMILES string of the molecule is C=C(COc1ccccc1)/C(=C/CO)C(O)CC/C(=C/c1ccc(O)c2ccccc12)c1ccccc1. The Morgan fingerprint density at radius 3 is 2.19 bits per heavy atom. The largest absolute Gasteiger partial charge is 0.507 e. The smallest absolute Gasteiger partial charge is 0.123 e. The Hall–Kier alpha value is -4.12. The number of benzene rings is 4. The number of aromatic hydroxyl groups is 1. The van der Waals surface area contributed by atoms with Crippen LogP contribution in [0.15, 0.2) is 121 Å². The molecule has 1 atom stereocenters. The van der Waals surface area contributed by atoms with E-state index in [0.717, 1.165) is 33.2 Å². The zero-order valence-electron chi connectivity index (χ0n) is 20.8. The molecule has 0 amide bonds. The lowest BCUT2D eigenvalue weighted by molar-refractivity contribution is 0.200. The van der Waals surface area contributed by atoms with Crippen LogP contribution in [0.4, 0.5) is 0 Å². The molecule has 0 heterocycles. The number of rotatable bonds is 11. The molecule has 0 aromatic heterocycles. The number of para-hydroxylation sites is 1. The lowest BCUT2D eigenvalue weighted by Gasteiger charge is -2.19. The summed E-state index contributed by atoms with van der Waals surface area (Å²) in [5, 5.41) is 32.8. The molecular weight excluding hydrogens is 460 g/mol. The molecule has 4 aromatic carbocycles. The van der Waals surface area contributed by atoms with Crippen molar-refractivity contribution in [3.63, 3.8) is 0 Å². The van der Waals surface area contributed by atoms with Crippen LogP contribution in [0.1, 0.15) is 24.0 Å². The summed E-state index contributed by atoms with van der Waals surface area (Å²) in [6, 6.07) is 30.9. The second kappa shape index (κ2) is 12.7. The van der Waals surface area contributed by atoms with E-state index in [2.05, 4.69) is 24.8 Å². The first kappa shape index (κ1) is 26.0. The van der Waals surface area contributed by atoms with Crippen molar-refractivity contribution in [2.75, 3.05) is 13.2 Å². The minimum Gasteiger partial charge on any atom is -0.507 e. The number of phenols is 1. The van der Waals surface area contributed by atoms with Crippen molar-refractivity contribution < 1.29 is 20.1 Å². The molecule has 0 saturated heterocycles. The maximum Gasteiger partial charge on any atom is 0.123 e. The van der Waals surface area contributed by atoms with Gasteiger partial charge in [-0.05, 0) is 64.3 Å². The number of aliphatic hydroxyl groups is 2. The monoisotopic (exact) mass is 492 g/mol. The first-order valence-corrected chi connectivity index (χ1v) is 12.4. The van der Waals surface area contributed by atoms with Crippen LogP contribution in [0.5, 0.6) is 11.5 Å². The maximum atomic E-state index is 11.1. The Kier molecular flexibility index (Phi) is 8.93. The fourth-order valence-electron chi connectivity index (χ4n) is 4.40. The molecule has 188 valence electrons. The first-order valence-electron chi connectivity index (χ1n) is 12.4. The van der Waals surface area contributed by atoms with Crippen molar-refractivity contribution in [1.82, 2.24) is 0 Å². The van der Waals surface area contributed by atoms with Gasteiger partial charge in [-0.3, -0.25) is 0 Å². The molecule has 0 bridgehead atoms. The van der Waals surface area contributed by atoms with E-state index in [9.17, 15) is 15.3 Å². The molecule has 0 aliphatic rings. The Bertz CT molecular complexity index is 1390. The summed E-state index contributed by atoms with van der Waals surface area (Å²) >= 11 is 0. The quantitative estimate of drug-likeness (QED) is 0.159. The average Bonchev–Trinajstić information content (AvgIpc) is 2.95. The lowest BCUT2D eigenvalue weighted by Crippen LogP contribution is -2.16. The van der Waals surface area contributed by atoms with E-state index < -0.39 is 6.10 Å². The Balaban J connectivity index is 1.55. The van der Waals surface area contributed by atoms with Gasteiger partial charge in [0.2, 0.25) is 0 Å². The third-order valence-electron chi connectivity index (χ3n) is 6.33. The summed E-state index contributed by atoms with van der Waals surface area (Å²) in [6.45, 7) is 4.12. The first-order chi connectivity index (χ1) is 18.1. The molecule has 0 aliphatic heterocycles. The summed E-state index contributed by atoms with van der Waals surface area (Å²) in [4.78, 5) is 0. The summed E-state index contributed by atoms with van der Waals surface area (Å²) in [6.07, 6.45) is 3.93. The standard InChI is InChI=1S/C33H32O4/c1-24(23-37-28-12-6-3-7-13-28)29(20-21-34)32(35)18-16-26(25-10-4-2-5-11-25)22-27-17-19-33(36)31-15-9-8-14-30(27)31/h2-15,17,19-20,22,32,34-36H,1,16,18,21,23H2/b26-22-,29-20-. The average molecular weight is 493 g/mol. The van der Waals surface area contributed by atoms with E-state index in [0.29, 0.717) is 24.0 Å². The van der Waals surface area contributed by atoms with Gasteiger partial charge in [-0.25, -0.2) is 0 Å². The van der Waals surface area contributed by atoms with Gasteiger partial charge in [-0.15, -0.1) is 0 Å². The molecule has 4 nitrogen and oxygen atoms in total. The van der Waals surface area contributed by atoms with Gasteiger partial charge in [-0.1, -0.05) is 97.6 Å². The third-order valence-corrected chi connectivity index (χ3v) is 6.33. The third kappa shape index (κ3) is 6.76. The van der Waals surface area contributed by atoms with Gasteiger partial charge >= 0.3 is 0 Å². The highest BCUT2D eigenvalue weighted by Gasteiger charge is 2.16. The summed E-state index contributed by atoms with van der Waals surface area (Å²) in [7, 11) is 0. The van der Waals surface area contributed by atoms with E-state index >= 15 is 0 Å². The second-order valence-electron chi connectivity index (χ2n) is 8.86. The van der Waals surface area contributed by atoms with E-state index in [1.54, 1.807) is 12.1 Å². The maximum absolute atomic E-state index is 11.1. The number of allylic oxidation sites excluding steroid dienone is 1. The van der Waals surface area contributed by atoms with Crippen molar-refractivity contribution in [2.24, 2.45) is 0 Å². The number of fused-ring (bicyclic) bond motifs is 1. The lowest BCUT2D eigenvalue weighted by atomic mass is 9.92. The minimum atomic E-state index is -0.817. The van der Waals surface area contributed by atoms with Crippen LogP contribution in [0.25, 0.3) is 22.4 Å². The molecule has 4 aromatic rings. The zero-order valence-corrected chi connectivity index (χ0v) is 20.8. The molecule has 0 saturated carbocycles. The van der Waals surface area contributed by atoms with Gasteiger partial charge in [0.25, 0.3) is 0 Å². The number of hydrogen-bond acceptors (Lipinski definition) is 4. The van der Waals surface area contributed by atoms with Crippen molar-refractivity contribution in [2.45, 2.75) is 18.9 Å². The van der Waals surface area contributed by atoms with Crippen LogP contribution in [0.3, 0.4) is 0 Å². The minimum absolute atomic E-state index is 0.197. The van der Waals surface area contributed by atoms with Crippen molar-refractivity contribution in [3.05, 3.63) is 132 Å². The molecule has 37 heavy (non-hydrogen) atoms. The number of phenolic OH excluding ortho intramolecular Hbond substituents is 1. The van der Waals surface area contributed by atoms with E-state index in [1.807, 2.05) is 78.9 Å². The summed E-state index contributed by atoms with van der Waals surface area (Å²) < 4.78 is 5.80. The van der Waals surface area contributed by atoms with Crippen LogP contribution in [-0.2, 0) is 0 Å². The van der Waals surface area contributed by atoms with Crippen molar-refractivity contribution in [3.8, 4) is 11.5 Å². The highest BCUT2D eigenvalue weighted by molar-refractivity contribution is 5.98. The van der Waals surface area contributed by atoms with Gasteiger partial charge < -0.3 is 20.1 Å². The van der Waals surface area contributed by atoms with E-state index in [4.69, 9.17) is 4.74 Å². The van der Waals surface area contributed by atoms with Gasteiger partial charge in [0.05, 0.1) is 12.7 Å². The van der Waals surface area contributed by atoms with Crippen LogP contribution >= 0.6 is 0 Å². The molecule has 0 radical (unpaired) electrons. The predicted octanol–water partition coefficient (Wildman–Crippen LogP) is 6.78. The molecule has 0 fully saturated rings. The Morgan fingerprint density at radius 1 is 0.838 bits per heavy atom. The molecule has 4 rings (SSSR count). The zero-order chi connectivity index (χ0) is 26.0. The normalized spacial score (nSPS) is 12.9. The predicted molar refractivity (Wildman–Crippen MR) is 151 cm³/mol. The van der Waals surface area contributed by atoms with Crippen LogP contribution < -0.4 is 4.74 Å². The van der Waals surface area contributed by atoms with Crippen molar-refractivity contribution in [1.29, 1.82) is 0 Å². The molecular formula is C33H32O4. The summed E-state index contributed by atoms with van der Waals surface area (Å²) in [5.74, 6) is 0.969.